The van der Waals surface area contributed by atoms with Gasteiger partial charge in [0.25, 0.3) is 0 Å². The molecule has 10 nitrogen and oxygen atoms in total. The van der Waals surface area contributed by atoms with E-state index in [0.717, 1.165) is 0 Å². The minimum absolute atomic E-state index is 0.00473. The van der Waals surface area contributed by atoms with Crippen molar-refractivity contribution in [1.82, 2.24) is 44.3 Å². The van der Waals surface area contributed by atoms with Crippen LogP contribution < -0.4 is 0 Å². The van der Waals surface area contributed by atoms with E-state index in [2.05, 4.69) is 30.4 Å². The Morgan fingerprint density at radius 3 is 2.38 bits per heavy atom. The molecule has 0 radical (unpaired) electrons. The lowest BCUT2D eigenvalue weighted by Crippen LogP contribution is -2.37. The van der Waals surface area contributed by atoms with Gasteiger partial charge < -0.3 is 9.67 Å². The Balaban J connectivity index is 1.73. The van der Waals surface area contributed by atoms with E-state index in [9.17, 15) is 9.50 Å². The quantitative estimate of drug-likeness (QED) is 0.525. The van der Waals surface area contributed by atoms with Crippen LogP contribution in [0.1, 0.15) is 5.56 Å². The fourth-order valence-corrected chi connectivity index (χ4v) is 2.77. The third-order valence-electron chi connectivity index (χ3n) is 3.94. The summed E-state index contributed by atoms with van der Waals surface area (Å²) < 4.78 is 19.3. The van der Waals surface area contributed by atoms with E-state index in [1.807, 2.05) is 0 Å². The molecule has 4 aromatic rings. The van der Waals surface area contributed by atoms with Crippen molar-refractivity contribution >= 4 is 0 Å². The summed E-state index contributed by atoms with van der Waals surface area (Å²) in [6, 6.07) is 4.47. The second-order valence-electron chi connectivity index (χ2n) is 5.76. The van der Waals surface area contributed by atoms with E-state index >= 15 is 0 Å². The highest BCUT2D eigenvalue weighted by molar-refractivity contribution is 5.37. The van der Waals surface area contributed by atoms with Gasteiger partial charge in [0.05, 0.1) is 18.8 Å². The van der Waals surface area contributed by atoms with Crippen molar-refractivity contribution < 1.29 is 9.50 Å². The summed E-state index contributed by atoms with van der Waals surface area (Å²) >= 11 is 0. The molecule has 3 heterocycles. The molecule has 0 aliphatic heterocycles. The predicted molar refractivity (Wildman–Crippen MR) is 85.3 cm³/mol. The SMILES string of the molecule is OC(Cn1cnnc1)(Cn1cncn1)c1ccc(-n2cncn2)cc1F. The van der Waals surface area contributed by atoms with Crippen LogP contribution in [-0.4, -0.2) is 49.4 Å². The van der Waals surface area contributed by atoms with Crippen molar-refractivity contribution in [1.29, 1.82) is 0 Å². The van der Waals surface area contributed by atoms with Crippen LogP contribution >= 0.6 is 0 Å². The second kappa shape index (κ2) is 6.44. The first-order valence-corrected chi connectivity index (χ1v) is 7.66. The molecule has 0 bridgehead atoms. The Kier molecular flexibility index (Phi) is 3.97. The van der Waals surface area contributed by atoms with Crippen LogP contribution in [0.4, 0.5) is 4.39 Å². The van der Waals surface area contributed by atoms with Crippen LogP contribution in [0.5, 0.6) is 0 Å². The Bertz CT molecular complexity index is 931. The van der Waals surface area contributed by atoms with Crippen molar-refractivity contribution in [2.24, 2.45) is 0 Å². The molecule has 26 heavy (non-hydrogen) atoms. The Hall–Kier alpha value is -3.47. The fraction of sp³-hybridized carbons (Fsp3) is 0.200. The summed E-state index contributed by atoms with van der Waals surface area (Å²) in [7, 11) is 0. The molecule has 11 heteroatoms. The van der Waals surface area contributed by atoms with Crippen molar-refractivity contribution in [2.45, 2.75) is 18.7 Å². The molecule has 0 saturated carbocycles. The lowest BCUT2D eigenvalue weighted by molar-refractivity contribution is -0.00546. The number of hydrogen-bond acceptors (Lipinski definition) is 7. The number of rotatable bonds is 6. The molecule has 132 valence electrons. The van der Waals surface area contributed by atoms with E-state index in [1.54, 1.807) is 10.6 Å². The third kappa shape index (κ3) is 3.07. The highest BCUT2D eigenvalue weighted by atomic mass is 19.1. The van der Waals surface area contributed by atoms with E-state index < -0.39 is 11.4 Å². The van der Waals surface area contributed by atoms with Gasteiger partial charge in [-0.3, -0.25) is 0 Å². The Morgan fingerprint density at radius 2 is 1.73 bits per heavy atom. The van der Waals surface area contributed by atoms with Crippen molar-refractivity contribution in [2.75, 3.05) is 0 Å². The molecule has 0 fully saturated rings. The number of halogens is 1. The second-order valence-corrected chi connectivity index (χ2v) is 5.76. The van der Waals surface area contributed by atoms with E-state index in [-0.39, 0.29) is 18.7 Å². The van der Waals surface area contributed by atoms with Crippen LogP contribution in [0, 0.1) is 5.82 Å². The van der Waals surface area contributed by atoms with Gasteiger partial charge >= 0.3 is 0 Å². The molecule has 1 aromatic carbocycles. The molecule has 4 rings (SSSR count). The average Bonchev–Trinajstić information content (AvgIpc) is 3.38. The minimum Gasteiger partial charge on any atom is -0.381 e. The van der Waals surface area contributed by atoms with Gasteiger partial charge in [-0.2, -0.15) is 10.2 Å². The maximum atomic E-state index is 14.9. The van der Waals surface area contributed by atoms with Gasteiger partial charge in [0.15, 0.2) is 0 Å². The first-order valence-electron chi connectivity index (χ1n) is 7.66. The number of benzene rings is 1. The molecule has 0 aliphatic carbocycles. The summed E-state index contributed by atoms with van der Waals surface area (Å²) in [6.07, 6.45) is 8.54. The Labute approximate surface area is 146 Å². The number of nitrogens with zero attached hydrogens (tertiary/aromatic N) is 9. The third-order valence-corrected chi connectivity index (χ3v) is 3.94. The molecule has 1 unspecified atom stereocenters. The molecule has 0 aliphatic rings. The molecule has 0 spiro atoms. The topological polar surface area (TPSA) is 112 Å². The molecule has 0 amide bonds. The molecule has 1 N–H and O–H groups in total. The van der Waals surface area contributed by atoms with Gasteiger partial charge in [0, 0.05) is 5.56 Å². The van der Waals surface area contributed by atoms with Gasteiger partial charge in [-0.05, 0) is 12.1 Å². The molecule has 1 atom stereocenters. The zero-order valence-electron chi connectivity index (χ0n) is 13.5. The summed E-state index contributed by atoms with van der Waals surface area (Å²) in [5, 5.41) is 26.7. The molecular formula is C15H14FN9O. The van der Waals surface area contributed by atoms with E-state index in [1.165, 1.54) is 59.5 Å². The maximum Gasteiger partial charge on any atom is 0.138 e. The van der Waals surface area contributed by atoms with Crippen molar-refractivity contribution in [3.05, 3.63) is 67.5 Å². The first kappa shape index (κ1) is 16.0. The van der Waals surface area contributed by atoms with E-state index in [0.29, 0.717) is 5.69 Å². The summed E-state index contributed by atoms with van der Waals surface area (Å²) in [5.74, 6) is -0.575. The zero-order chi connectivity index (χ0) is 18.0. The normalized spacial score (nSPS) is 13.6. The largest absolute Gasteiger partial charge is 0.381 e. The van der Waals surface area contributed by atoms with Crippen LogP contribution in [0.25, 0.3) is 5.69 Å². The summed E-state index contributed by atoms with van der Waals surface area (Å²) in [4.78, 5) is 7.71. The standard InChI is InChI=1S/C15H14FN9O/c16-14-3-12(25-9-18-7-22-25)1-2-13(14)15(26,4-23-10-19-20-11-23)5-24-8-17-6-21-24/h1-3,6-11,26H,4-5H2. The van der Waals surface area contributed by atoms with Gasteiger partial charge in [-0.15, -0.1) is 10.2 Å². The van der Waals surface area contributed by atoms with Gasteiger partial charge in [0.2, 0.25) is 0 Å². The monoisotopic (exact) mass is 355 g/mol. The van der Waals surface area contributed by atoms with E-state index in [4.69, 9.17) is 0 Å². The van der Waals surface area contributed by atoms with Crippen molar-refractivity contribution in [3.8, 4) is 5.69 Å². The van der Waals surface area contributed by atoms with Crippen LogP contribution in [0.3, 0.4) is 0 Å². The smallest absolute Gasteiger partial charge is 0.138 e. The van der Waals surface area contributed by atoms with Crippen LogP contribution in [0.2, 0.25) is 0 Å². The lowest BCUT2D eigenvalue weighted by Gasteiger charge is -2.29. The number of aromatic nitrogens is 9. The number of aliphatic hydroxyl groups is 1. The summed E-state index contributed by atoms with van der Waals surface area (Å²) in [5.41, 5.74) is -0.983. The minimum atomic E-state index is -1.60. The average molecular weight is 355 g/mol. The molecule has 0 saturated heterocycles. The molecular weight excluding hydrogens is 341 g/mol. The molecule has 3 aromatic heterocycles. The van der Waals surface area contributed by atoms with Gasteiger partial charge in [-0.1, -0.05) is 6.07 Å². The van der Waals surface area contributed by atoms with Crippen molar-refractivity contribution in [3.63, 3.8) is 0 Å². The number of hydrogen-bond donors (Lipinski definition) is 1. The highest BCUT2D eigenvalue weighted by Crippen LogP contribution is 2.29. The first-order chi connectivity index (χ1) is 12.6. The zero-order valence-corrected chi connectivity index (χ0v) is 13.5. The predicted octanol–water partition coefficient (Wildman–Crippen LogP) is 0.177. The summed E-state index contributed by atoms with van der Waals surface area (Å²) in [6.45, 7) is 0.0459. The van der Waals surface area contributed by atoms with Gasteiger partial charge in [-0.25, -0.2) is 23.7 Å². The Morgan fingerprint density at radius 1 is 0.962 bits per heavy atom. The maximum absolute atomic E-state index is 14.9. The lowest BCUT2D eigenvalue weighted by atomic mass is 9.92. The highest BCUT2D eigenvalue weighted by Gasteiger charge is 2.34. The van der Waals surface area contributed by atoms with Crippen LogP contribution in [0.15, 0.2) is 56.2 Å². The van der Waals surface area contributed by atoms with Gasteiger partial charge in [0.1, 0.15) is 49.4 Å². The fourth-order valence-electron chi connectivity index (χ4n) is 2.77. The van der Waals surface area contributed by atoms with Crippen LogP contribution in [-0.2, 0) is 18.7 Å².